The third kappa shape index (κ3) is 4.50. The number of hydrogen-bond donors (Lipinski definition) is 1. The second kappa shape index (κ2) is 9.17. The number of pyridine rings is 2. The maximum atomic E-state index is 13.1. The van der Waals surface area contributed by atoms with Gasteiger partial charge in [0.15, 0.2) is 0 Å². The second-order valence-corrected chi connectivity index (χ2v) is 10.5. The van der Waals surface area contributed by atoms with Gasteiger partial charge in [-0.1, -0.05) is 6.92 Å². The Bertz CT molecular complexity index is 1350. The zero-order valence-electron chi connectivity index (χ0n) is 18.1. The van der Waals surface area contributed by atoms with E-state index in [-0.39, 0.29) is 11.4 Å². The van der Waals surface area contributed by atoms with Crippen molar-refractivity contribution in [2.45, 2.75) is 61.1 Å². The molecule has 180 valence electrons. The lowest BCUT2D eigenvalue weighted by Crippen LogP contribution is -2.44. The van der Waals surface area contributed by atoms with Crippen molar-refractivity contribution < 1.29 is 21.6 Å². The van der Waals surface area contributed by atoms with E-state index in [1.807, 2.05) is 4.57 Å². The lowest BCUT2D eigenvalue weighted by atomic mass is 10.1. The van der Waals surface area contributed by atoms with E-state index in [0.29, 0.717) is 34.4 Å². The number of rotatable bonds is 6. The summed E-state index contributed by atoms with van der Waals surface area (Å²) in [5, 5.41) is 10.5. The monoisotopic (exact) mass is 511 g/mol. The molecule has 3 aromatic heterocycles. The molecule has 0 spiro atoms. The third-order valence-corrected chi connectivity index (χ3v) is 7.82. The molecule has 4 rings (SSSR count). The van der Waals surface area contributed by atoms with E-state index in [0.717, 1.165) is 19.0 Å². The van der Waals surface area contributed by atoms with E-state index in [4.69, 9.17) is 11.6 Å². The number of nitriles is 1. The minimum atomic E-state index is -4.72. The largest absolute Gasteiger partial charge is 0.404 e. The van der Waals surface area contributed by atoms with Gasteiger partial charge in [0.2, 0.25) is 10.0 Å². The number of nitrogens with zero attached hydrogens (tertiary/aromatic N) is 4. The van der Waals surface area contributed by atoms with Gasteiger partial charge in [-0.3, -0.25) is 4.98 Å². The normalized spacial score (nSPS) is 19.9. The molecule has 1 aliphatic rings. The lowest BCUT2D eigenvalue weighted by Gasteiger charge is -2.20. The zero-order chi connectivity index (χ0) is 24.7. The molecule has 0 radical (unpaired) electrons. The Balaban J connectivity index is 1.78. The first-order valence-corrected chi connectivity index (χ1v) is 12.6. The van der Waals surface area contributed by atoms with Crippen LogP contribution in [-0.4, -0.2) is 40.5 Å². The van der Waals surface area contributed by atoms with Gasteiger partial charge in [0.1, 0.15) is 22.7 Å². The van der Waals surface area contributed by atoms with Gasteiger partial charge in [0.25, 0.3) is 0 Å². The molecule has 3 aromatic rings. The number of sulfonamides is 1. The molecule has 0 saturated heterocycles. The molecule has 34 heavy (non-hydrogen) atoms. The Kier molecular flexibility index (Phi) is 6.59. The molecule has 0 aromatic carbocycles. The van der Waals surface area contributed by atoms with Gasteiger partial charge in [-0.25, -0.2) is 13.4 Å². The fraction of sp³-hybridized carbons (Fsp3) is 0.409. The maximum Gasteiger partial charge on any atom is 0.404 e. The van der Waals surface area contributed by atoms with E-state index < -0.39 is 33.6 Å². The summed E-state index contributed by atoms with van der Waals surface area (Å²) in [6, 6.07) is 6.03. The number of halogens is 4. The van der Waals surface area contributed by atoms with Crippen LogP contribution in [-0.2, 0) is 10.0 Å². The highest BCUT2D eigenvalue weighted by molar-refractivity contribution is 7.89. The predicted molar refractivity (Wildman–Crippen MR) is 121 cm³/mol. The number of alkyl halides is 4. The summed E-state index contributed by atoms with van der Waals surface area (Å²) in [6.07, 6.45) is -0.298. The molecule has 1 saturated carbocycles. The zero-order valence-corrected chi connectivity index (χ0v) is 19.6. The fourth-order valence-corrected chi connectivity index (χ4v) is 5.89. The number of hydrogen-bond acceptors (Lipinski definition) is 5. The fourth-order valence-electron chi connectivity index (χ4n) is 4.31. The second-order valence-electron chi connectivity index (χ2n) is 8.15. The average molecular weight is 512 g/mol. The summed E-state index contributed by atoms with van der Waals surface area (Å²) in [5.74, 6) is 0. The van der Waals surface area contributed by atoms with E-state index in [9.17, 15) is 26.9 Å². The van der Waals surface area contributed by atoms with Crippen molar-refractivity contribution in [2.75, 3.05) is 0 Å². The van der Waals surface area contributed by atoms with Crippen LogP contribution in [0, 0.1) is 11.3 Å². The van der Waals surface area contributed by atoms with Crippen LogP contribution in [0.5, 0.6) is 0 Å². The molecule has 0 bridgehead atoms. The van der Waals surface area contributed by atoms with Crippen LogP contribution >= 0.6 is 11.6 Å². The van der Waals surface area contributed by atoms with Gasteiger partial charge in [-0.2, -0.15) is 23.2 Å². The molecular formula is C22H21ClF3N5O2S. The Labute approximate surface area is 199 Å². The molecule has 0 aliphatic heterocycles. The molecule has 12 heteroatoms. The van der Waals surface area contributed by atoms with Crippen molar-refractivity contribution in [2.24, 2.45) is 0 Å². The third-order valence-electron chi connectivity index (χ3n) is 5.97. The number of fused-ring (bicyclic) bond motifs is 1. The highest BCUT2D eigenvalue weighted by Crippen LogP contribution is 2.41. The van der Waals surface area contributed by atoms with Gasteiger partial charge in [0.05, 0.1) is 17.0 Å². The summed E-state index contributed by atoms with van der Waals surface area (Å²) in [5.41, 5.74) is 1.73. The Hall–Kier alpha value is -2.68. The highest BCUT2D eigenvalue weighted by Gasteiger charge is 2.41. The summed E-state index contributed by atoms with van der Waals surface area (Å²) in [4.78, 5) is 8.29. The molecule has 0 amide bonds. The van der Waals surface area contributed by atoms with E-state index >= 15 is 0 Å². The predicted octanol–water partition coefficient (Wildman–Crippen LogP) is 4.92. The summed E-state index contributed by atoms with van der Waals surface area (Å²) in [7, 11) is -4.46. The van der Waals surface area contributed by atoms with Crippen molar-refractivity contribution >= 4 is 32.7 Å². The standard InChI is InChI=1S/C22H21ClF3N5O2S/c1-2-19(22(24,25)26)30-34(32,33)15-7-8-18(29-12-15)20-17(11-27)16-4-3-9-28-21(16)31(20)14-6-5-13(23)10-14/h3-4,7-9,12-14,19,30H,2,5-6,10H2,1H3/t13?,14?,19-/m0/s1. The SMILES string of the molecule is CC[C@H](NS(=O)(=O)c1ccc(-c2c(C#N)c3cccnc3n2C2CCC(Cl)C2)nc1)C(F)(F)F. The van der Waals surface area contributed by atoms with Gasteiger partial charge in [0, 0.05) is 29.2 Å². The van der Waals surface area contributed by atoms with Crippen LogP contribution in [0.2, 0.25) is 0 Å². The average Bonchev–Trinajstić information content (AvgIpc) is 3.37. The van der Waals surface area contributed by atoms with Crippen LogP contribution in [0.4, 0.5) is 13.2 Å². The minimum absolute atomic E-state index is 0.0174. The van der Waals surface area contributed by atoms with Gasteiger partial charge in [-0.15, -0.1) is 11.6 Å². The Morgan fingerprint density at radius 2 is 2.06 bits per heavy atom. The van der Waals surface area contributed by atoms with Crippen molar-refractivity contribution in [3.05, 3.63) is 42.2 Å². The smallest absolute Gasteiger partial charge is 0.320 e. The summed E-state index contributed by atoms with van der Waals surface area (Å²) < 4.78 is 67.9. The first-order valence-electron chi connectivity index (χ1n) is 10.6. The maximum absolute atomic E-state index is 13.1. The molecule has 3 heterocycles. The minimum Gasteiger partial charge on any atom is -0.320 e. The van der Waals surface area contributed by atoms with Crippen molar-refractivity contribution in [1.82, 2.24) is 19.3 Å². The Morgan fingerprint density at radius 3 is 2.62 bits per heavy atom. The van der Waals surface area contributed by atoms with Crippen molar-refractivity contribution in [3.8, 4) is 17.5 Å². The molecule has 1 fully saturated rings. The van der Waals surface area contributed by atoms with Gasteiger partial charge >= 0.3 is 6.18 Å². The van der Waals surface area contributed by atoms with E-state index in [1.54, 1.807) is 23.1 Å². The van der Waals surface area contributed by atoms with Crippen molar-refractivity contribution in [3.63, 3.8) is 0 Å². The van der Waals surface area contributed by atoms with Crippen molar-refractivity contribution in [1.29, 1.82) is 5.26 Å². The topological polar surface area (TPSA) is 101 Å². The van der Waals surface area contributed by atoms with E-state index in [2.05, 4.69) is 16.0 Å². The van der Waals surface area contributed by atoms with E-state index in [1.165, 1.54) is 19.1 Å². The highest BCUT2D eigenvalue weighted by atomic mass is 35.5. The molecule has 3 atom stereocenters. The molecular weight excluding hydrogens is 491 g/mol. The Morgan fingerprint density at radius 1 is 1.29 bits per heavy atom. The quantitative estimate of drug-likeness (QED) is 0.473. The number of aromatic nitrogens is 3. The molecule has 7 nitrogen and oxygen atoms in total. The van der Waals surface area contributed by atoms with Crippen LogP contribution in [0.1, 0.15) is 44.2 Å². The lowest BCUT2D eigenvalue weighted by molar-refractivity contribution is -0.151. The molecule has 1 aliphatic carbocycles. The summed E-state index contributed by atoms with van der Waals surface area (Å²) >= 11 is 6.34. The van der Waals surface area contributed by atoms with Gasteiger partial charge < -0.3 is 4.57 Å². The number of nitrogens with one attached hydrogen (secondary N) is 1. The van der Waals surface area contributed by atoms with Crippen LogP contribution in [0.3, 0.4) is 0 Å². The van der Waals surface area contributed by atoms with Gasteiger partial charge in [-0.05, 0) is 49.9 Å². The van der Waals surface area contributed by atoms with Crippen LogP contribution < -0.4 is 4.72 Å². The van der Waals surface area contributed by atoms with Crippen LogP contribution in [0.15, 0.2) is 41.6 Å². The molecule has 1 N–H and O–H groups in total. The molecule has 2 unspecified atom stereocenters. The first-order chi connectivity index (χ1) is 16.1. The summed E-state index contributed by atoms with van der Waals surface area (Å²) in [6.45, 7) is 1.24. The van der Waals surface area contributed by atoms with Crippen LogP contribution in [0.25, 0.3) is 22.4 Å². The first kappa shape index (κ1) is 24.4.